The SMILES string of the molecule is COc1cccc2sc(N(Cc3cccnc3)C(=O)Cc3ccccc3Cl)nc12. The van der Waals surface area contributed by atoms with Crippen molar-refractivity contribution >= 4 is 44.2 Å². The first-order valence-electron chi connectivity index (χ1n) is 9.02. The molecule has 2 aromatic heterocycles. The molecule has 1 amide bonds. The normalized spacial score (nSPS) is 10.8. The molecule has 0 unspecified atom stereocenters. The van der Waals surface area contributed by atoms with Crippen LogP contribution in [0.3, 0.4) is 0 Å². The third kappa shape index (κ3) is 4.23. The van der Waals surface area contributed by atoms with E-state index in [4.69, 9.17) is 21.3 Å². The molecule has 0 aliphatic heterocycles. The highest BCUT2D eigenvalue weighted by atomic mass is 35.5. The van der Waals surface area contributed by atoms with E-state index in [0.29, 0.717) is 22.4 Å². The fourth-order valence-electron chi connectivity index (χ4n) is 3.03. The fourth-order valence-corrected chi connectivity index (χ4v) is 4.23. The minimum absolute atomic E-state index is 0.0834. The van der Waals surface area contributed by atoms with Gasteiger partial charge < -0.3 is 4.74 Å². The summed E-state index contributed by atoms with van der Waals surface area (Å²) in [7, 11) is 1.61. The van der Waals surface area contributed by atoms with Crippen LogP contribution in [0.1, 0.15) is 11.1 Å². The largest absolute Gasteiger partial charge is 0.494 e. The average Bonchev–Trinajstić information content (AvgIpc) is 3.18. The molecule has 0 aliphatic carbocycles. The molecular formula is C22H18ClN3O2S. The summed E-state index contributed by atoms with van der Waals surface area (Å²) in [6.45, 7) is 0.374. The molecule has 4 rings (SSSR count). The molecule has 0 radical (unpaired) electrons. The van der Waals surface area contributed by atoms with Gasteiger partial charge in [-0.15, -0.1) is 0 Å². The Hall–Kier alpha value is -2.96. The van der Waals surface area contributed by atoms with Gasteiger partial charge in [0.2, 0.25) is 5.91 Å². The minimum Gasteiger partial charge on any atom is -0.494 e. The van der Waals surface area contributed by atoms with Crippen molar-refractivity contribution in [3.05, 3.63) is 83.1 Å². The number of carbonyl (C=O) groups is 1. The van der Waals surface area contributed by atoms with Crippen LogP contribution in [0, 0.1) is 0 Å². The predicted molar refractivity (Wildman–Crippen MR) is 117 cm³/mol. The highest BCUT2D eigenvalue weighted by Gasteiger charge is 2.22. The second-order valence-corrected chi connectivity index (χ2v) is 7.83. The molecule has 0 fully saturated rings. The zero-order valence-corrected chi connectivity index (χ0v) is 17.3. The van der Waals surface area contributed by atoms with E-state index >= 15 is 0 Å². The number of benzene rings is 2. The number of carbonyl (C=O) groups excluding carboxylic acids is 1. The van der Waals surface area contributed by atoms with Gasteiger partial charge in [-0.05, 0) is 35.4 Å². The quantitative estimate of drug-likeness (QED) is 0.431. The number of nitrogens with zero attached hydrogens (tertiary/aromatic N) is 3. The third-order valence-electron chi connectivity index (χ3n) is 4.49. The van der Waals surface area contributed by atoms with Gasteiger partial charge in [-0.1, -0.05) is 53.3 Å². The lowest BCUT2D eigenvalue weighted by molar-refractivity contribution is -0.118. The molecule has 0 atom stereocenters. The van der Waals surface area contributed by atoms with Crippen LogP contribution in [0.2, 0.25) is 5.02 Å². The van der Waals surface area contributed by atoms with E-state index in [9.17, 15) is 4.79 Å². The van der Waals surface area contributed by atoms with Crippen LogP contribution in [-0.4, -0.2) is 23.0 Å². The standard InChI is InChI=1S/C22H18ClN3O2S/c1-28-18-9-4-10-19-21(18)25-22(29-19)26(14-15-6-5-11-24-13-15)20(27)12-16-7-2-3-8-17(16)23/h2-11,13H,12,14H2,1H3. The second-order valence-electron chi connectivity index (χ2n) is 6.41. The molecule has 2 heterocycles. The summed E-state index contributed by atoms with van der Waals surface area (Å²) in [6, 6.07) is 16.9. The number of amides is 1. The zero-order valence-electron chi connectivity index (χ0n) is 15.7. The van der Waals surface area contributed by atoms with E-state index in [1.165, 1.54) is 11.3 Å². The molecule has 146 valence electrons. The van der Waals surface area contributed by atoms with Crippen molar-refractivity contribution in [2.24, 2.45) is 0 Å². The Balaban J connectivity index is 1.72. The Kier molecular flexibility index (Phi) is 5.74. The molecule has 29 heavy (non-hydrogen) atoms. The van der Waals surface area contributed by atoms with Gasteiger partial charge in [-0.25, -0.2) is 4.98 Å². The highest BCUT2D eigenvalue weighted by molar-refractivity contribution is 7.22. The number of rotatable bonds is 6. The molecule has 0 aliphatic rings. The van der Waals surface area contributed by atoms with Crippen molar-refractivity contribution in [1.29, 1.82) is 0 Å². The molecule has 0 spiro atoms. The average molecular weight is 424 g/mol. The molecule has 2 aromatic carbocycles. The lowest BCUT2D eigenvalue weighted by Crippen LogP contribution is -2.31. The van der Waals surface area contributed by atoms with Crippen LogP contribution in [0.15, 0.2) is 67.0 Å². The summed E-state index contributed by atoms with van der Waals surface area (Å²) in [5, 5.41) is 1.19. The van der Waals surface area contributed by atoms with Crippen molar-refractivity contribution in [2.45, 2.75) is 13.0 Å². The Bertz CT molecular complexity index is 1150. The van der Waals surface area contributed by atoms with Crippen LogP contribution >= 0.6 is 22.9 Å². The number of pyridine rings is 1. The van der Waals surface area contributed by atoms with Gasteiger partial charge in [0.1, 0.15) is 11.3 Å². The summed E-state index contributed by atoms with van der Waals surface area (Å²) in [5.74, 6) is 0.602. The van der Waals surface area contributed by atoms with Gasteiger partial charge in [-0.2, -0.15) is 0 Å². The number of anilines is 1. The Labute approximate surface area is 177 Å². The maximum absolute atomic E-state index is 13.3. The lowest BCUT2D eigenvalue weighted by Gasteiger charge is -2.20. The van der Waals surface area contributed by atoms with Crippen LogP contribution in [0.4, 0.5) is 5.13 Å². The number of methoxy groups -OCH3 is 1. The van der Waals surface area contributed by atoms with E-state index < -0.39 is 0 Å². The first kappa shape index (κ1) is 19.4. The summed E-state index contributed by atoms with van der Waals surface area (Å²) >= 11 is 7.73. The van der Waals surface area contributed by atoms with Crippen LogP contribution < -0.4 is 9.64 Å². The number of hydrogen-bond acceptors (Lipinski definition) is 5. The first-order valence-corrected chi connectivity index (χ1v) is 10.2. The zero-order chi connectivity index (χ0) is 20.2. The Morgan fingerprint density at radius 3 is 2.76 bits per heavy atom. The predicted octanol–water partition coefficient (Wildman–Crippen LogP) is 5.13. The Morgan fingerprint density at radius 1 is 1.14 bits per heavy atom. The third-order valence-corrected chi connectivity index (χ3v) is 5.90. The number of hydrogen-bond donors (Lipinski definition) is 0. The summed E-state index contributed by atoms with van der Waals surface area (Å²) in [5.41, 5.74) is 2.46. The fraction of sp³-hybridized carbons (Fsp3) is 0.136. The number of fused-ring (bicyclic) bond motifs is 1. The number of ether oxygens (including phenoxy) is 1. The van der Waals surface area contributed by atoms with E-state index in [1.807, 2.05) is 48.5 Å². The first-order chi connectivity index (χ1) is 14.2. The topological polar surface area (TPSA) is 55.3 Å². The summed E-state index contributed by atoms with van der Waals surface area (Å²) in [6.07, 6.45) is 3.65. The number of para-hydroxylation sites is 1. The van der Waals surface area contributed by atoms with E-state index in [2.05, 4.69) is 4.98 Å². The van der Waals surface area contributed by atoms with Crippen LogP contribution in [0.25, 0.3) is 10.2 Å². The molecule has 5 nitrogen and oxygen atoms in total. The van der Waals surface area contributed by atoms with Gasteiger partial charge in [0.15, 0.2) is 5.13 Å². The molecular weight excluding hydrogens is 406 g/mol. The smallest absolute Gasteiger partial charge is 0.233 e. The van der Waals surface area contributed by atoms with Gasteiger partial charge >= 0.3 is 0 Å². The van der Waals surface area contributed by atoms with Crippen LogP contribution in [0.5, 0.6) is 5.75 Å². The van der Waals surface area contributed by atoms with Crippen molar-refractivity contribution in [3.63, 3.8) is 0 Å². The minimum atomic E-state index is -0.0834. The molecule has 0 N–H and O–H groups in total. The van der Waals surface area contributed by atoms with Crippen molar-refractivity contribution in [1.82, 2.24) is 9.97 Å². The van der Waals surface area contributed by atoms with Gasteiger partial charge in [0, 0.05) is 17.4 Å². The van der Waals surface area contributed by atoms with Crippen molar-refractivity contribution in [3.8, 4) is 5.75 Å². The molecule has 0 bridgehead atoms. The highest BCUT2D eigenvalue weighted by Crippen LogP contribution is 2.35. The molecule has 0 saturated carbocycles. The van der Waals surface area contributed by atoms with E-state index in [0.717, 1.165) is 21.3 Å². The van der Waals surface area contributed by atoms with Gasteiger partial charge in [-0.3, -0.25) is 14.7 Å². The summed E-state index contributed by atoms with van der Waals surface area (Å²) < 4.78 is 6.38. The van der Waals surface area contributed by atoms with E-state index in [-0.39, 0.29) is 12.3 Å². The molecule has 4 aromatic rings. The van der Waals surface area contributed by atoms with E-state index in [1.54, 1.807) is 30.5 Å². The summed E-state index contributed by atoms with van der Waals surface area (Å²) in [4.78, 5) is 23.8. The number of thiazole rings is 1. The maximum atomic E-state index is 13.3. The van der Waals surface area contributed by atoms with Gasteiger partial charge in [0.05, 0.1) is 24.8 Å². The number of halogens is 1. The molecule has 7 heteroatoms. The Morgan fingerprint density at radius 2 is 2.00 bits per heavy atom. The number of aromatic nitrogens is 2. The van der Waals surface area contributed by atoms with Crippen molar-refractivity contribution in [2.75, 3.05) is 12.0 Å². The lowest BCUT2D eigenvalue weighted by atomic mass is 10.1. The second kappa shape index (κ2) is 8.59. The van der Waals surface area contributed by atoms with Crippen LogP contribution in [-0.2, 0) is 17.8 Å². The maximum Gasteiger partial charge on any atom is 0.233 e. The van der Waals surface area contributed by atoms with Gasteiger partial charge in [0.25, 0.3) is 0 Å². The molecule has 0 saturated heterocycles. The van der Waals surface area contributed by atoms with Crippen molar-refractivity contribution < 1.29 is 9.53 Å². The monoisotopic (exact) mass is 423 g/mol.